The second-order valence-corrected chi connectivity index (χ2v) is 10.6. The molecule has 1 saturated carbocycles. The minimum atomic E-state index is -3.47. The first-order valence-electron chi connectivity index (χ1n) is 10.2. The van der Waals surface area contributed by atoms with Gasteiger partial charge in [-0.2, -0.15) is 4.91 Å². The molecule has 7 nitrogen and oxygen atoms in total. The fraction of sp³-hybridized carbons (Fsp3) is 0.455. The molecule has 1 heterocycles. The molecular formula is C22H26ClN3O4S. The van der Waals surface area contributed by atoms with E-state index in [4.69, 9.17) is 11.6 Å². The van der Waals surface area contributed by atoms with E-state index in [9.17, 15) is 18.1 Å². The number of aryl methyl sites for hydroxylation is 1. The molecule has 0 saturated heterocycles. The highest BCUT2D eigenvalue weighted by Gasteiger charge is 2.29. The van der Waals surface area contributed by atoms with E-state index in [1.807, 2.05) is 13.0 Å². The number of amides is 1. The molecular weight excluding hydrogens is 438 g/mol. The van der Waals surface area contributed by atoms with Gasteiger partial charge in [0.2, 0.25) is 5.91 Å². The molecule has 1 N–H and O–H groups in total. The number of benzene rings is 1. The van der Waals surface area contributed by atoms with Crippen LogP contribution in [0, 0.1) is 17.7 Å². The zero-order valence-electron chi connectivity index (χ0n) is 17.5. The van der Waals surface area contributed by atoms with Gasteiger partial charge in [0.05, 0.1) is 21.9 Å². The molecule has 1 aromatic carbocycles. The van der Waals surface area contributed by atoms with Gasteiger partial charge in [-0.15, -0.1) is 0 Å². The van der Waals surface area contributed by atoms with Gasteiger partial charge in [-0.05, 0) is 74.3 Å². The highest BCUT2D eigenvalue weighted by molar-refractivity contribution is 7.90. The third kappa shape index (κ3) is 6.11. The molecule has 0 radical (unpaired) electrons. The van der Waals surface area contributed by atoms with Crippen LogP contribution >= 0.6 is 11.6 Å². The summed E-state index contributed by atoms with van der Waals surface area (Å²) in [5.74, 6) is -0.0449. The zero-order chi connectivity index (χ0) is 22.6. The maximum absolute atomic E-state index is 13.2. The van der Waals surface area contributed by atoms with Gasteiger partial charge in [0, 0.05) is 12.5 Å². The van der Waals surface area contributed by atoms with Gasteiger partial charge in [-0.1, -0.05) is 28.9 Å². The Bertz CT molecular complexity index is 1050. The number of aromatic nitrogens is 1. The number of hydrogen-bond donors (Lipinski definition) is 1. The molecule has 31 heavy (non-hydrogen) atoms. The van der Waals surface area contributed by atoms with E-state index < -0.39 is 15.8 Å². The molecule has 1 aromatic heterocycles. The maximum Gasteiger partial charge on any atom is 0.233 e. The smallest absolute Gasteiger partial charge is 0.233 e. The lowest BCUT2D eigenvalue weighted by Crippen LogP contribution is -2.26. The summed E-state index contributed by atoms with van der Waals surface area (Å²) in [7, 11) is -3.47. The summed E-state index contributed by atoms with van der Waals surface area (Å²) in [5, 5.41) is 6.11. The monoisotopic (exact) mass is 463 g/mol. The van der Waals surface area contributed by atoms with Crippen molar-refractivity contribution in [3.8, 4) is 0 Å². The number of rotatable bonds is 7. The van der Waals surface area contributed by atoms with E-state index in [0.29, 0.717) is 17.8 Å². The van der Waals surface area contributed by atoms with Crippen LogP contribution in [0.25, 0.3) is 0 Å². The van der Waals surface area contributed by atoms with Crippen LogP contribution in [0.2, 0.25) is 5.02 Å². The van der Waals surface area contributed by atoms with Gasteiger partial charge in [-0.25, -0.2) is 13.4 Å². The molecule has 3 rings (SSSR count). The molecule has 1 atom stereocenters. The average molecular weight is 464 g/mol. The summed E-state index contributed by atoms with van der Waals surface area (Å²) < 4.78 is 23.8. The summed E-state index contributed by atoms with van der Waals surface area (Å²) in [6.07, 6.45) is 6.41. The van der Waals surface area contributed by atoms with Crippen LogP contribution in [0.4, 0.5) is 5.82 Å². The van der Waals surface area contributed by atoms with Crippen LogP contribution in [0.3, 0.4) is 0 Å². The van der Waals surface area contributed by atoms with Crippen molar-refractivity contribution in [3.05, 3.63) is 57.6 Å². The third-order valence-corrected chi connectivity index (χ3v) is 7.35. The van der Waals surface area contributed by atoms with Crippen LogP contribution in [0.15, 0.2) is 46.6 Å². The highest BCUT2D eigenvalue weighted by atomic mass is 35.5. The topological polar surface area (TPSA) is 106 Å². The fourth-order valence-electron chi connectivity index (χ4n) is 4.00. The number of halogens is 1. The fourth-order valence-corrected chi connectivity index (χ4v) is 5.34. The molecule has 9 heteroatoms. The van der Waals surface area contributed by atoms with Crippen LogP contribution in [-0.2, 0) is 14.6 Å². The summed E-state index contributed by atoms with van der Waals surface area (Å²) >= 11 is 6.25. The quantitative estimate of drug-likeness (QED) is 0.588. The molecule has 0 unspecified atom stereocenters. The second kappa shape index (κ2) is 9.87. The minimum absolute atomic E-state index is 0.0369. The zero-order valence-corrected chi connectivity index (χ0v) is 19.1. The van der Waals surface area contributed by atoms with Crippen molar-refractivity contribution >= 4 is 33.2 Å². The molecule has 2 aromatic rings. The molecule has 0 spiro atoms. The molecule has 0 aliphatic heterocycles. The van der Waals surface area contributed by atoms with Crippen molar-refractivity contribution in [1.29, 1.82) is 0 Å². The van der Waals surface area contributed by atoms with E-state index >= 15 is 0 Å². The summed E-state index contributed by atoms with van der Waals surface area (Å²) in [4.78, 5) is 28.3. The number of hydrogen-bond acceptors (Lipinski definition) is 6. The molecule has 1 amide bonds. The summed E-state index contributed by atoms with van der Waals surface area (Å²) in [6, 6.07) is 8.11. The second-order valence-electron chi connectivity index (χ2n) is 8.24. The van der Waals surface area contributed by atoms with Crippen molar-refractivity contribution in [3.63, 3.8) is 0 Å². The van der Waals surface area contributed by atoms with Gasteiger partial charge in [0.25, 0.3) is 0 Å². The Morgan fingerprint density at radius 3 is 2.48 bits per heavy atom. The first kappa shape index (κ1) is 23.3. The van der Waals surface area contributed by atoms with Gasteiger partial charge in [0.1, 0.15) is 5.82 Å². The summed E-state index contributed by atoms with van der Waals surface area (Å²) in [5.41, 5.74) is 1.64. The predicted octanol–water partition coefficient (Wildman–Crippen LogP) is 4.88. The predicted molar refractivity (Wildman–Crippen MR) is 121 cm³/mol. The first-order chi connectivity index (χ1) is 14.7. The minimum Gasteiger partial charge on any atom is -0.310 e. The Morgan fingerprint density at radius 2 is 1.94 bits per heavy atom. The van der Waals surface area contributed by atoms with E-state index in [-0.39, 0.29) is 27.8 Å². The van der Waals surface area contributed by atoms with E-state index in [0.717, 1.165) is 37.5 Å². The lowest BCUT2D eigenvalue weighted by atomic mass is 9.79. The van der Waals surface area contributed by atoms with Crippen LogP contribution < -0.4 is 5.32 Å². The lowest BCUT2D eigenvalue weighted by Gasteiger charge is -2.28. The van der Waals surface area contributed by atoms with Crippen molar-refractivity contribution in [2.45, 2.75) is 55.9 Å². The van der Waals surface area contributed by atoms with Crippen molar-refractivity contribution < 1.29 is 13.2 Å². The number of carbonyl (C=O) groups is 1. The number of nitrogens with one attached hydrogen (secondary N) is 1. The van der Waals surface area contributed by atoms with Gasteiger partial charge < -0.3 is 5.32 Å². The Labute approximate surface area is 187 Å². The maximum atomic E-state index is 13.2. The number of nitrogens with zero attached hydrogens (tertiary/aromatic N) is 2. The number of nitroso groups, excluding NO2 is 1. The van der Waals surface area contributed by atoms with Crippen LogP contribution in [0.1, 0.15) is 49.1 Å². The van der Waals surface area contributed by atoms with E-state index in [1.165, 1.54) is 6.07 Å². The Morgan fingerprint density at radius 1 is 1.23 bits per heavy atom. The number of pyridine rings is 1. The molecule has 0 bridgehead atoms. The largest absolute Gasteiger partial charge is 0.310 e. The highest BCUT2D eigenvalue weighted by Crippen LogP contribution is 2.36. The Hall–Kier alpha value is -2.32. The van der Waals surface area contributed by atoms with E-state index in [1.54, 1.807) is 24.4 Å². The summed E-state index contributed by atoms with van der Waals surface area (Å²) in [6.45, 7) is 1.91. The lowest BCUT2D eigenvalue weighted by molar-refractivity contribution is -0.118. The van der Waals surface area contributed by atoms with Gasteiger partial charge >= 0.3 is 0 Å². The van der Waals surface area contributed by atoms with Crippen molar-refractivity contribution in [2.75, 3.05) is 11.6 Å². The number of carbonyl (C=O) groups excluding carboxylic acids is 1. The van der Waals surface area contributed by atoms with Gasteiger partial charge in [-0.3, -0.25) is 4.79 Å². The molecule has 1 fully saturated rings. The molecule has 1 aliphatic carbocycles. The first-order valence-corrected chi connectivity index (χ1v) is 12.5. The molecule has 1 aliphatic rings. The van der Waals surface area contributed by atoms with Crippen LogP contribution in [-0.4, -0.2) is 31.6 Å². The normalized spacial score (nSPS) is 20.1. The van der Waals surface area contributed by atoms with Gasteiger partial charge in [0.15, 0.2) is 9.84 Å². The third-order valence-electron chi connectivity index (χ3n) is 5.77. The standard InChI is InChI=1S/C22H26ClN3O4S/c1-14-3-10-21(24-13-14)25-22(27)18(11-15-4-7-17(26-28)8-5-15)16-6-9-20(19(23)12-16)31(2,29)30/h3,6,9-10,12-13,15,17-18H,4-5,7-8,11H2,1-2H3,(H,24,25,27)/t15?,17?,18-/m1/s1. The number of sulfone groups is 1. The average Bonchev–Trinajstić information content (AvgIpc) is 2.73. The van der Waals surface area contributed by atoms with Crippen LogP contribution in [0.5, 0.6) is 0 Å². The molecule has 166 valence electrons. The number of anilines is 1. The SMILES string of the molecule is Cc1ccc(NC(=O)[C@H](CC2CCC(N=O)CC2)c2ccc(S(C)(=O)=O)c(Cl)c2)nc1. The van der Waals surface area contributed by atoms with E-state index in [2.05, 4.69) is 15.5 Å². The van der Waals surface area contributed by atoms with Crippen molar-refractivity contribution in [2.24, 2.45) is 11.1 Å². The Balaban J connectivity index is 1.86. The van der Waals surface area contributed by atoms with Crippen molar-refractivity contribution in [1.82, 2.24) is 4.98 Å². The Kier molecular flexibility index (Phi) is 7.43.